The number of carbonyl (C=O) groups is 1. The molecule has 0 bridgehead atoms. The van der Waals surface area contributed by atoms with Crippen LogP contribution in [0.25, 0.3) is 0 Å². The van der Waals surface area contributed by atoms with Crippen molar-refractivity contribution in [3.63, 3.8) is 0 Å². The third-order valence-corrected chi connectivity index (χ3v) is 1.73. The Bertz CT molecular complexity index is 299. The Morgan fingerprint density at radius 1 is 1.11 bits per heavy atom. The van der Waals surface area contributed by atoms with Gasteiger partial charge in [-0.3, -0.25) is 4.79 Å². The number of likely N-dealkylation sites (N-methyl/N-ethyl adjacent to an activating group) is 1. The second-order valence-corrected chi connectivity index (χ2v) is 3.35. The molecule has 3 heteroatoms. The highest BCUT2D eigenvalue weighted by Gasteiger charge is 1.84. The minimum Gasteiger partial charge on any atom is -0.388 e. The molecular formula is C16H32N2O. The van der Waals surface area contributed by atoms with E-state index in [1.807, 2.05) is 46.9 Å². The number of carbonyl (C=O) groups excluding carboxylic acids is 1. The first kappa shape index (κ1) is 22.8. The van der Waals surface area contributed by atoms with Crippen molar-refractivity contribution in [2.75, 3.05) is 26.0 Å². The van der Waals surface area contributed by atoms with E-state index in [2.05, 4.69) is 29.7 Å². The Kier molecular flexibility index (Phi) is 22.8. The summed E-state index contributed by atoms with van der Waals surface area (Å²) < 4.78 is 0. The Morgan fingerprint density at radius 3 is 1.84 bits per heavy atom. The van der Waals surface area contributed by atoms with E-state index in [0.717, 1.165) is 0 Å². The number of hydrogen-bond acceptors (Lipinski definition) is 3. The van der Waals surface area contributed by atoms with Gasteiger partial charge in [-0.25, -0.2) is 0 Å². The number of anilines is 1. The minimum atomic E-state index is 0.178. The summed E-state index contributed by atoms with van der Waals surface area (Å²) in [5.74, 6) is 0.178. The first-order valence-electron chi connectivity index (χ1n) is 6.98. The van der Waals surface area contributed by atoms with Gasteiger partial charge in [0.05, 0.1) is 6.54 Å². The molecule has 0 radical (unpaired) electrons. The second kappa shape index (κ2) is 19.0. The van der Waals surface area contributed by atoms with Crippen LogP contribution in [0.4, 0.5) is 5.69 Å². The lowest BCUT2D eigenvalue weighted by atomic mass is 10.2. The minimum absolute atomic E-state index is 0.178. The summed E-state index contributed by atoms with van der Waals surface area (Å²) in [6.07, 6.45) is 0. The zero-order chi connectivity index (χ0) is 15.7. The van der Waals surface area contributed by atoms with Gasteiger partial charge in [-0.1, -0.05) is 39.8 Å². The fourth-order valence-electron chi connectivity index (χ4n) is 1.05. The molecule has 0 aromatic heterocycles. The average molecular weight is 268 g/mol. The standard InChI is InChI=1S/C8H11N.C4H9NO.2C2H6/c1-7-4-3-5-8(6-7)9-2;1-4(6)3-5-2;2*1-2/h3-6,9H,1-2H3;5H,3H2,1-2H3;2*1-2H3. The summed E-state index contributed by atoms with van der Waals surface area (Å²) in [4.78, 5) is 9.98. The van der Waals surface area contributed by atoms with Gasteiger partial charge in [0.15, 0.2) is 0 Å². The maximum absolute atomic E-state index is 9.98. The number of aryl methyl sites for hydroxylation is 1. The molecule has 1 aromatic carbocycles. The Labute approximate surface area is 119 Å². The highest BCUT2D eigenvalue weighted by Crippen LogP contribution is 2.07. The molecule has 0 saturated heterocycles. The Balaban J connectivity index is -0.000000224. The van der Waals surface area contributed by atoms with Crippen LogP contribution in [0.2, 0.25) is 0 Å². The van der Waals surface area contributed by atoms with Crippen LogP contribution in [0.5, 0.6) is 0 Å². The molecule has 19 heavy (non-hydrogen) atoms. The third kappa shape index (κ3) is 19.2. The van der Waals surface area contributed by atoms with Crippen LogP contribution < -0.4 is 10.6 Å². The van der Waals surface area contributed by atoms with Crippen molar-refractivity contribution in [2.45, 2.75) is 41.5 Å². The SMILES string of the molecule is CC.CC.CNCC(C)=O.CNc1cccc(C)c1. The Hall–Kier alpha value is -1.35. The molecule has 0 aliphatic carbocycles. The van der Waals surface area contributed by atoms with E-state index < -0.39 is 0 Å². The van der Waals surface area contributed by atoms with Gasteiger partial charge in [0, 0.05) is 12.7 Å². The van der Waals surface area contributed by atoms with Gasteiger partial charge in [0.1, 0.15) is 5.78 Å². The Morgan fingerprint density at radius 2 is 1.63 bits per heavy atom. The van der Waals surface area contributed by atoms with E-state index in [0.29, 0.717) is 6.54 Å². The highest BCUT2D eigenvalue weighted by atomic mass is 16.1. The molecule has 0 atom stereocenters. The van der Waals surface area contributed by atoms with Gasteiger partial charge in [-0.05, 0) is 38.6 Å². The summed E-state index contributed by atoms with van der Waals surface area (Å²) in [6, 6.07) is 8.29. The van der Waals surface area contributed by atoms with Gasteiger partial charge < -0.3 is 10.6 Å². The lowest BCUT2D eigenvalue weighted by molar-refractivity contribution is -0.116. The highest BCUT2D eigenvalue weighted by molar-refractivity contribution is 5.77. The van der Waals surface area contributed by atoms with Crippen molar-refractivity contribution in [3.05, 3.63) is 29.8 Å². The van der Waals surface area contributed by atoms with E-state index in [-0.39, 0.29) is 5.78 Å². The summed E-state index contributed by atoms with van der Waals surface area (Å²) in [7, 11) is 3.68. The van der Waals surface area contributed by atoms with Crippen LogP contribution in [0.15, 0.2) is 24.3 Å². The van der Waals surface area contributed by atoms with E-state index in [1.54, 1.807) is 14.0 Å². The first-order valence-corrected chi connectivity index (χ1v) is 6.98. The third-order valence-electron chi connectivity index (χ3n) is 1.73. The van der Waals surface area contributed by atoms with E-state index in [1.165, 1.54) is 11.3 Å². The molecule has 0 aliphatic rings. The maximum Gasteiger partial charge on any atom is 0.143 e. The topological polar surface area (TPSA) is 41.1 Å². The molecule has 0 heterocycles. The number of rotatable bonds is 3. The summed E-state index contributed by atoms with van der Waals surface area (Å²) in [5.41, 5.74) is 2.47. The molecular weight excluding hydrogens is 236 g/mol. The summed E-state index contributed by atoms with van der Waals surface area (Å²) in [5, 5.41) is 5.79. The van der Waals surface area contributed by atoms with Crippen molar-refractivity contribution >= 4 is 11.5 Å². The van der Waals surface area contributed by atoms with Gasteiger partial charge in [0.25, 0.3) is 0 Å². The number of benzene rings is 1. The molecule has 1 aromatic rings. The molecule has 112 valence electrons. The fourth-order valence-corrected chi connectivity index (χ4v) is 1.05. The van der Waals surface area contributed by atoms with Crippen LogP contribution in [-0.2, 0) is 4.79 Å². The van der Waals surface area contributed by atoms with Gasteiger partial charge in [-0.15, -0.1) is 0 Å². The van der Waals surface area contributed by atoms with Gasteiger partial charge in [0.2, 0.25) is 0 Å². The van der Waals surface area contributed by atoms with Gasteiger partial charge >= 0.3 is 0 Å². The van der Waals surface area contributed by atoms with Crippen molar-refractivity contribution < 1.29 is 4.79 Å². The zero-order valence-corrected chi connectivity index (χ0v) is 13.9. The normalized spacial score (nSPS) is 7.58. The molecule has 1 rings (SSSR count). The summed E-state index contributed by atoms with van der Waals surface area (Å²) in [6.45, 7) is 12.1. The molecule has 0 saturated carbocycles. The fraction of sp³-hybridized carbons (Fsp3) is 0.562. The molecule has 0 spiro atoms. The quantitative estimate of drug-likeness (QED) is 0.874. The monoisotopic (exact) mass is 268 g/mol. The van der Waals surface area contributed by atoms with Crippen molar-refractivity contribution in [1.82, 2.24) is 5.32 Å². The predicted octanol–water partition coefficient (Wildman–Crippen LogP) is 3.88. The van der Waals surface area contributed by atoms with Crippen LogP contribution in [0, 0.1) is 6.92 Å². The largest absolute Gasteiger partial charge is 0.388 e. The van der Waals surface area contributed by atoms with Crippen LogP contribution in [-0.4, -0.2) is 26.4 Å². The number of Topliss-reactive ketones (excluding diaryl/α,β-unsaturated/α-hetero) is 1. The van der Waals surface area contributed by atoms with Gasteiger partial charge in [-0.2, -0.15) is 0 Å². The lowest BCUT2D eigenvalue weighted by Gasteiger charge is -1.98. The molecule has 0 unspecified atom stereocenters. The summed E-state index contributed by atoms with van der Waals surface area (Å²) >= 11 is 0. The zero-order valence-electron chi connectivity index (χ0n) is 13.9. The average Bonchev–Trinajstić information content (AvgIpc) is 2.44. The van der Waals surface area contributed by atoms with Crippen LogP contribution >= 0.6 is 0 Å². The van der Waals surface area contributed by atoms with E-state index >= 15 is 0 Å². The number of nitrogens with one attached hydrogen (secondary N) is 2. The first-order chi connectivity index (χ1) is 9.10. The van der Waals surface area contributed by atoms with Crippen LogP contribution in [0.1, 0.15) is 40.2 Å². The van der Waals surface area contributed by atoms with E-state index in [4.69, 9.17) is 0 Å². The van der Waals surface area contributed by atoms with Crippen molar-refractivity contribution in [3.8, 4) is 0 Å². The number of ketones is 1. The molecule has 0 aliphatic heterocycles. The smallest absolute Gasteiger partial charge is 0.143 e. The predicted molar refractivity (Wildman–Crippen MR) is 88.0 cm³/mol. The number of hydrogen-bond donors (Lipinski definition) is 2. The molecule has 0 fully saturated rings. The van der Waals surface area contributed by atoms with E-state index in [9.17, 15) is 4.79 Å². The lowest BCUT2D eigenvalue weighted by Crippen LogP contribution is -2.14. The van der Waals surface area contributed by atoms with Crippen molar-refractivity contribution in [2.24, 2.45) is 0 Å². The molecule has 2 N–H and O–H groups in total. The van der Waals surface area contributed by atoms with Crippen molar-refractivity contribution in [1.29, 1.82) is 0 Å². The van der Waals surface area contributed by atoms with Crippen LogP contribution in [0.3, 0.4) is 0 Å². The second-order valence-electron chi connectivity index (χ2n) is 3.35. The molecule has 3 nitrogen and oxygen atoms in total. The maximum atomic E-state index is 9.98. The molecule has 0 amide bonds.